The number of nitrogens with one attached hydrogen (secondary N) is 3. The highest BCUT2D eigenvalue weighted by molar-refractivity contribution is 6.01. The minimum atomic E-state index is -0.608. The summed E-state index contributed by atoms with van der Waals surface area (Å²) in [4.78, 5) is 26.4. The highest BCUT2D eigenvalue weighted by Gasteiger charge is 2.40. The molecule has 1 saturated heterocycles. The summed E-state index contributed by atoms with van der Waals surface area (Å²) in [6.07, 6.45) is 9.71. The van der Waals surface area contributed by atoms with Crippen molar-refractivity contribution in [3.63, 3.8) is 0 Å². The van der Waals surface area contributed by atoms with E-state index in [1.807, 2.05) is 12.1 Å². The molecule has 182 valence electrons. The van der Waals surface area contributed by atoms with E-state index in [4.69, 9.17) is 9.26 Å². The lowest BCUT2D eigenvalue weighted by Crippen LogP contribution is -2.48. The predicted octanol–water partition coefficient (Wildman–Crippen LogP) is 4.16. The number of nitrogens with zero attached hydrogens (tertiary/aromatic N) is 1. The molecular formula is C26H34N4O4. The lowest BCUT2D eigenvalue weighted by Gasteiger charge is -2.33. The Hall–Kier alpha value is -2.87. The average Bonchev–Trinajstić information content (AvgIpc) is 3.30. The van der Waals surface area contributed by atoms with Crippen LogP contribution in [-0.4, -0.2) is 42.8 Å². The van der Waals surface area contributed by atoms with Crippen molar-refractivity contribution < 1.29 is 18.8 Å². The summed E-state index contributed by atoms with van der Waals surface area (Å²) in [5, 5.41) is 13.4. The zero-order valence-electron chi connectivity index (χ0n) is 19.8. The van der Waals surface area contributed by atoms with Crippen LogP contribution in [0.1, 0.15) is 73.0 Å². The van der Waals surface area contributed by atoms with Gasteiger partial charge in [-0.05, 0) is 56.2 Å². The van der Waals surface area contributed by atoms with Crippen LogP contribution in [0.2, 0.25) is 0 Å². The molecule has 0 radical (unpaired) electrons. The third kappa shape index (κ3) is 4.56. The van der Waals surface area contributed by atoms with Crippen molar-refractivity contribution in [2.45, 2.75) is 69.7 Å². The second-order valence-corrected chi connectivity index (χ2v) is 10.0. The Labute approximate surface area is 200 Å². The fraction of sp³-hybridized carbons (Fsp3) is 0.577. The standard InChI is InChI=1S/C26H34N4O4/c1-17-20(15-34-30-17)24(31)29-23(18-6-4-2-3-5-7-18)25(32)28-19-8-9-21-22(14-19)27-16-26(21)10-12-33-13-11-26/h8-9,14-15,18,23,27H,2-7,10-13,16H2,1H3,(H,28,32)(H,29,31). The van der Waals surface area contributed by atoms with Crippen molar-refractivity contribution in [2.75, 3.05) is 30.4 Å². The number of carbonyl (C=O) groups is 2. The molecule has 3 N–H and O–H groups in total. The van der Waals surface area contributed by atoms with Crippen LogP contribution >= 0.6 is 0 Å². The fourth-order valence-corrected chi connectivity index (χ4v) is 5.79. The number of aryl methyl sites for hydroxylation is 1. The predicted molar refractivity (Wildman–Crippen MR) is 129 cm³/mol. The molecular weight excluding hydrogens is 432 g/mol. The number of rotatable bonds is 5. The van der Waals surface area contributed by atoms with E-state index in [9.17, 15) is 9.59 Å². The van der Waals surface area contributed by atoms with Gasteiger partial charge >= 0.3 is 0 Å². The van der Waals surface area contributed by atoms with Crippen LogP contribution in [0.15, 0.2) is 29.0 Å². The minimum Gasteiger partial charge on any atom is -0.384 e. The second kappa shape index (κ2) is 9.78. The van der Waals surface area contributed by atoms with Gasteiger partial charge in [-0.3, -0.25) is 9.59 Å². The van der Waals surface area contributed by atoms with Gasteiger partial charge in [0.2, 0.25) is 5.91 Å². The quantitative estimate of drug-likeness (QED) is 0.572. The molecule has 34 heavy (non-hydrogen) atoms. The highest BCUT2D eigenvalue weighted by Crippen LogP contribution is 2.44. The normalized spacial score (nSPS) is 20.7. The molecule has 3 aliphatic rings. The number of fused-ring (bicyclic) bond motifs is 2. The number of carbonyl (C=O) groups excluding carboxylic acids is 2. The summed E-state index contributed by atoms with van der Waals surface area (Å²) in [5.74, 6) is -0.391. The van der Waals surface area contributed by atoms with Crippen molar-refractivity contribution in [3.05, 3.63) is 41.3 Å². The molecule has 2 fully saturated rings. The van der Waals surface area contributed by atoms with Gasteiger partial charge in [-0.2, -0.15) is 0 Å². The molecule has 2 amide bonds. The molecule has 1 aromatic heterocycles. The molecule has 1 aromatic carbocycles. The van der Waals surface area contributed by atoms with Crippen LogP contribution in [-0.2, 0) is 14.9 Å². The molecule has 0 bridgehead atoms. The van der Waals surface area contributed by atoms with Crippen LogP contribution in [0.3, 0.4) is 0 Å². The molecule has 1 spiro atoms. The third-order valence-corrected chi connectivity index (χ3v) is 7.86. The summed E-state index contributed by atoms with van der Waals surface area (Å²) in [6.45, 7) is 4.20. The molecule has 1 aliphatic carbocycles. The maximum Gasteiger partial charge on any atom is 0.257 e. The van der Waals surface area contributed by atoms with Crippen LogP contribution in [0.4, 0.5) is 11.4 Å². The SMILES string of the molecule is Cc1nocc1C(=O)NC(C(=O)Nc1ccc2c(c1)NCC21CCOCC1)C1CCCCCC1. The van der Waals surface area contributed by atoms with E-state index in [-0.39, 0.29) is 23.1 Å². The van der Waals surface area contributed by atoms with Gasteiger partial charge in [0.25, 0.3) is 5.91 Å². The Balaban J connectivity index is 1.34. The van der Waals surface area contributed by atoms with Crippen LogP contribution in [0.5, 0.6) is 0 Å². The third-order valence-electron chi connectivity index (χ3n) is 7.86. The Morgan fingerprint density at radius 2 is 1.91 bits per heavy atom. The monoisotopic (exact) mass is 466 g/mol. The van der Waals surface area contributed by atoms with Crippen LogP contribution < -0.4 is 16.0 Å². The molecule has 2 aliphatic heterocycles. The maximum absolute atomic E-state index is 13.5. The second-order valence-electron chi connectivity index (χ2n) is 10.0. The van der Waals surface area contributed by atoms with Crippen LogP contribution in [0, 0.1) is 12.8 Å². The molecule has 1 unspecified atom stereocenters. The van der Waals surface area contributed by atoms with Crippen molar-refractivity contribution in [3.8, 4) is 0 Å². The van der Waals surface area contributed by atoms with E-state index in [0.717, 1.165) is 69.7 Å². The van der Waals surface area contributed by atoms with Gasteiger partial charge < -0.3 is 25.2 Å². The number of amides is 2. The average molecular weight is 467 g/mol. The molecule has 1 atom stereocenters. The first-order valence-electron chi connectivity index (χ1n) is 12.5. The first kappa shape index (κ1) is 22.9. The summed E-state index contributed by atoms with van der Waals surface area (Å²) >= 11 is 0. The van der Waals surface area contributed by atoms with Crippen LogP contribution in [0.25, 0.3) is 0 Å². The van der Waals surface area contributed by atoms with E-state index >= 15 is 0 Å². The first-order chi connectivity index (χ1) is 16.6. The Morgan fingerprint density at radius 3 is 2.62 bits per heavy atom. The van der Waals surface area contributed by atoms with Crippen molar-refractivity contribution in [1.82, 2.24) is 10.5 Å². The minimum absolute atomic E-state index is 0.102. The molecule has 1 saturated carbocycles. The number of aromatic nitrogens is 1. The largest absolute Gasteiger partial charge is 0.384 e. The first-order valence-corrected chi connectivity index (χ1v) is 12.5. The fourth-order valence-electron chi connectivity index (χ4n) is 5.79. The summed E-state index contributed by atoms with van der Waals surface area (Å²) in [5.41, 5.74) is 4.15. The van der Waals surface area contributed by atoms with Crippen molar-refractivity contribution in [2.24, 2.45) is 5.92 Å². The van der Waals surface area contributed by atoms with E-state index in [1.165, 1.54) is 24.7 Å². The van der Waals surface area contributed by atoms with Gasteiger partial charge in [-0.15, -0.1) is 0 Å². The Kier molecular flexibility index (Phi) is 6.59. The molecule has 5 rings (SSSR count). The van der Waals surface area contributed by atoms with Gasteiger partial charge in [0.15, 0.2) is 0 Å². The van der Waals surface area contributed by atoms with E-state index in [0.29, 0.717) is 11.3 Å². The van der Waals surface area contributed by atoms with E-state index in [2.05, 4.69) is 27.2 Å². The molecule has 3 heterocycles. The van der Waals surface area contributed by atoms with Gasteiger partial charge in [-0.25, -0.2) is 0 Å². The Morgan fingerprint density at radius 1 is 1.15 bits per heavy atom. The Bertz CT molecular complexity index is 1040. The topological polar surface area (TPSA) is 105 Å². The summed E-state index contributed by atoms with van der Waals surface area (Å²) in [6, 6.07) is 5.53. The van der Waals surface area contributed by atoms with Gasteiger partial charge in [0, 0.05) is 36.5 Å². The zero-order valence-corrected chi connectivity index (χ0v) is 19.8. The zero-order chi connectivity index (χ0) is 23.5. The highest BCUT2D eigenvalue weighted by atomic mass is 16.5. The maximum atomic E-state index is 13.5. The number of hydrogen-bond acceptors (Lipinski definition) is 6. The van der Waals surface area contributed by atoms with Gasteiger partial charge in [0.1, 0.15) is 17.9 Å². The molecule has 2 aromatic rings. The van der Waals surface area contributed by atoms with Gasteiger partial charge in [0.05, 0.1) is 5.69 Å². The number of hydrogen-bond donors (Lipinski definition) is 3. The number of ether oxygens (including phenoxy) is 1. The smallest absolute Gasteiger partial charge is 0.257 e. The van der Waals surface area contributed by atoms with Crippen molar-refractivity contribution >= 4 is 23.2 Å². The summed E-state index contributed by atoms with van der Waals surface area (Å²) in [7, 11) is 0. The molecule has 8 heteroatoms. The summed E-state index contributed by atoms with van der Waals surface area (Å²) < 4.78 is 10.5. The lowest BCUT2D eigenvalue weighted by molar-refractivity contribution is -0.119. The lowest BCUT2D eigenvalue weighted by atomic mass is 9.76. The number of anilines is 2. The van der Waals surface area contributed by atoms with Gasteiger partial charge in [-0.1, -0.05) is 36.9 Å². The molecule has 8 nitrogen and oxygen atoms in total. The van der Waals surface area contributed by atoms with Crippen molar-refractivity contribution in [1.29, 1.82) is 0 Å². The number of benzene rings is 1. The van der Waals surface area contributed by atoms with E-state index < -0.39 is 6.04 Å². The van der Waals surface area contributed by atoms with E-state index in [1.54, 1.807) is 6.92 Å².